The smallest absolute Gasteiger partial charge is 0.218 e. The zero-order valence-corrected chi connectivity index (χ0v) is 9.24. The first-order chi connectivity index (χ1) is 7.25. The Kier molecular flexibility index (Phi) is 3.20. The molecular formula is C10H19N5. The lowest BCUT2D eigenvalue weighted by atomic mass is 9.95. The van der Waals surface area contributed by atoms with Gasteiger partial charge in [-0.25, -0.2) is 4.68 Å². The normalized spacial score (nSPS) is 21.8. The maximum absolute atomic E-state index is 5.63. The molecule has 1 aromatic rings. The number of nitrogens with two attached hydrogens (primary N) is 1. The van der Waals surface area contributed by atoms with E-state index in [0.29, 0.717) is 5.95 Å². The second kappa shape index (κ2) is 4.61. The summed E-state index contributed by atoms with van der Waals surface area (Å²) < 4.78 is 1.63. The molecule has 0 aromatic carbocycles. The van der Waals surface area contributed by atoms with Crippen LogP contribution in [0.15, 0.2) is 0 Å². The summed E-state index contributed by atoms with van der Waals surface area (Å²) in [6.07, 6.45) is 4.73. The molecule has 0 aliphatic carbocycles. The number of aryl methyl sites for hydroxylation is 2. The third kappa shape index (κ3) is 2.68. The van der Waals surface area contributed by atoms with Crippen LogP contribution in [0.2, 0.25) is 0 Å². The van der Waals surface area contributed by atoms with E-state index >= 15 is 0 Å². The van der Waals surface area contributed by atoms with Gasteiger partial charge < -0.3 is 11.1 Å². The topological polar surface area (TPSA) is 68.8 Å². The van der Waals surface area contributed by atoms with Crippen molar-refractivity contribution in [2.24, 2.45) is 13.0 Å². The second-order valence-corrected chi connectivity index (χ2v) is 4.26. The molecule has 2 rings (SSSR count). The van der Waals surface area contributed by atoms with Crippen LogP contribution in [0.4, 0.5) is 5.95 Å². The minimum absolute atomic E-state index is 0.506. The summed E-state index contributed by atoms with van der Waals surface area (Å²) in [6.45, 7) is 2.31. The lowest BCUT2D eigenvalue weighted by molar-refractivity contribution is 0.356. The van der Waals surface area contributed by atoms with Crippen molar-refractivity contribution in [3.63, 3.8) is 0 Å². The monoisotopic (exact) mass is 209 g/mol. The Morgan fingerprint density at radius 3 is 3.07 bits per heavy atom. The van der Waals surface area contributed by atoms with Gasteiger partial charge in [0.25, 0.3) is 0 Å². The Labute approximate surface area is 90.1 Å². The summed E-state index contributed by atoms with van der Waals surface area (Å²) in [6, 6.07) is 0. The predicted molar refractivity (Wildman–Crippen MR) is 59.3 cm³/mol. The molecule has 1 atom stereocenters. The second-order valence-electron chi connectivity index (χ2n) is 4.26. The van der Waals surface area contributed by atoms with E-state index < -0.39 is 0 Å². The van der Waals surface area contributed by atoms with Gasteiger partial charge in [0, 0.05) is 13.5 Å². The van der Waals surface area contributed by atoms with Crippen LogP contribution in [0.3, 0.4) is 0 Å². The van der Waals surface area contributed by atoms with Crippen LogP contribution in [-0.4, -0.2) is 27.9 Å². The molecule has 0 amide bonds. The third-order valence-corrected chi connectivity index (χ3v) is 3.02. The van der Waals surface area contributed by atoms with E-state index in [-0.39, 0.29) is 0 Å². The zero-order chi connectivity index (χ0) is 10.7. The standard InChI is InChI=1S/C10H19N5/c1-15-10(11)13-9(14-15)5-4-8-3-2-6-12-7-8/h8,12H,2-7H2,1H3,(H2,11,13,14). The molecule has 1 saturated heterocycles. The molecule has 15 heavy (non-hydrogen) atoms. The van der Waals surface area contributed by atoms with Crippen molar-refractivity contribution in [2.75, 3.05) is 18.8 Å². The maximum Gasteiger partial charge on any atom is 0.218 e. The number of anilines is 1. The first-order valence-corrected chi connectivity index (χ1v) is 5.62. The van der Waals surface area contributed by atoms with Crippen molar-refractivity contribution in [1.82, 2.24) is 20.1 Å². The van der Waals surface area contributed by atoms with Crippen LogP contribution in [0.5, 0.6) is 0 Å². The lowest BCUT2D eigenvalue weighted by Gasteiger charge is -2.21. The molecule has 84 valence electrons. The summed E-state index contributed by atoms with van der Waals surface area (Å²) in [5.41, 5.74) is 5.63. The molecule has 0 spiro atoms. The Bertz CT molecular complexity index is 294. The molecule has 1 aliphatic rings. The highest BCUT2D eigenvalue weighted by Crippen LogP contribution is 2.16. The number of rotatable bonds is 3. The number of hydrogen-bond acceptors (Lipinski definition) is 4. The van der Waals surface area contributed by atoms with Crippen molar-refractivity contribution >= 4 is 5.95 Å². The van der Waals surface area contributed by atoms with Gasteiger partial charge in [-0.15, -0.1) is 0 Å². The van der Waals surface area contributed by atoms with Crippen molar-refractivity contribution in [3.8, 4) is 0 Å². The van der Waals surface area contributed by atoms with E-state index in [1.54, 1.807) is 4.68 Å². The quantitative estimate of drug-likeness (QED) is 0.752. The van der Waals surface area contributed by atoms with Crippen LogP contribution in [0.1, 0.15) is 25.1 Å². The van der Waals surface area contributed by atoms with Gasteiger partial charge in [-0.1, -0.05) is 0 Å². The van der Waals surface area contributed by atoms with Crippen LogP contribution >= 0.6 is 0 Å². The molecule has 1 fully saturated rings. The average molecular weight is 209 g/mol. The number of nitrogens with one attached hydrogen (secondary N) is 1. The Morgan fingerprint density at radius 1 is 1.60 bits per heavy atom. The highest BCUT2D eigenvalue weighted by atomic mass is 15.4. The molecule has 0 radical (unpaired) electrons. The lowest BCUT2D eigenvalue weighted by Crippen LogP contribution is -2.30. The van der Waals surface area contributed by atoms with Crippen molar-refractivity contribution in [3.05, 3.63) is 5.82 Å². The fraction of sp³-hybridized carbons (Fsp3) is 0.800. The Hall–Kier alpha value is -1.10. The predicted octanol–water partition coefficient (Wildman–Crippen LogP) is 0.330. The molecule has 1 aromatic heterocycles. The first-order valence-electron chi connectivity index (χ1n) is 5.62. The van der Waals surface area contributed by atoms with Crippen LogP contribution < -0.4 is 11.1 Å². The maximum atomic E-state index is 5.63. The van der Waals surface area contributed by atoms with Crippen LogP contribution in [0, 0.1) is 5.92 Å². The SMILES string of the molecule is Cn1nc(CCC2CCCNC2)nc1N. The summed E-state index contributed by atoms with van der Waals surface area (Å²) in [7, 11) is 1.83. The van der Waals surface area contributed by atoms with Crippen LogP contribution in [0.25, 0.3) is 0 Å². The number of aromatic nitrogens is 3. The molecule has 0 saturated carbocycles. The van der Waals surface area contributed by atoms with E-state index in [2.05, 4.69) is 15.4 Å². The van der Waals surface area contributed by atoms with Crippen molar-refractivity contribution in [2.45, 2.75) is 25.7 Å². The number of nitrogen functional groups attached to an aromatic ring is 1. The van der Waals surface area contributed by atoms with E-state index in [1.807, 2.05) is 7.05 Å². The average Bonchev–Trinajstić information content (AvgIpc) is 2.57. The Morgan fingerprint density at radius 2 is 2.47 bits per heavy atom. The summed E-state index contributed by atoms with van der Waals surface area (Å²) >= 11 is 0. The molecule has 3 N–H and O–H groups in total. The van der Waals surface area contributed by atoms with Gasteiger partial charge in [-0.2, -0.15) is 10.1 Å². The molecule has 0 bridgehead atoms. The van der Waals surface area contributed by atoms with E-state index in [4.69, 9.17) is 5.73 Å². The molecule has 1 unspecified atom stereocenters. The highest BCUT2D eigenvalue weighted by Gasteiger charge is 2.14. The fourth-order valence-electron chi connectivity index (χ4n) is 2.06. The summed E-state index contributed by atoms with van der Waals surface area (Å²) in [5.74, 6) is 2.16. The third-order valence-electron chi connectivity index (χ3n) is 3.02. The zero-order valence-electron chi connectivity index (χ0n) is 9.24. The molecular weight excluding hydrogens is 190 g/mol. The Balaban J connectivity index is 1.81. The number of hydrogen-bond donors (Lipinski definition) is 2. The highest BCUT2D eigenvalue weighted by molar-refractivity contribution is 5.15. The summed E-state index contributed by atoms with van der Waals surface area (Å²) in [5, 5.41) is 7.67. The number of piperidine rings is 1. The van der Waals surface area contributed by atoms with Gasteiger partial charge in [0.1, 0.15) is 0 Å². The minimum Gasteiger partial charge on any atom is -0.368 e. The molecule has 5 heteroatoms. The van der Waals surface area contributed by atoms with Crippen molar-refractivity contribution < 1.29 is 0 Å². The van der Waals surface area contributed by atoms with E-state index in [0.717, 1.165) is 31.1 Å². The van der Waals surface area contributed by atoms with Crippen molar-refractivity contribution in [1.29, 1.82) is 0 Å². The van der Waals surface area contributed by atoms with E-state index in [1.165, 1.54) is 19.4 Å². The minimum atomic E-state index is 0.506. The first kappa shape index (κ1) is 10.4. The molecule has 5 nitrogen and oxygen atoms in total. The molecule has 2 heterocycles. The van der Waals surface area contributed by atoms with Gasteiger partial charge in [0.05, 0.1) is 0 Å². The fourth-order valence-corrected chi connectivity index (χ4v) is 2.06. The van der Waals surface area contributed by atoms with Gasteiger partial charge in [0.2, 0.25) is 5.95 Å². The summed E-state index contributed by atoms with van der Waals surface area (Å²) in [4.78, 5) is 4.20. The van der Waals surface area contributed by atoms with Crippen LogP contribution in [-0.2, 0) is 13.5 Å². The molecule has 1 aliphatic heterocycles. The van der Waals surface area contributed by atoms with Gasteiger partial charge in [-0.05, 0) is 38.3 Å². The van der Waals surface area contributed by atoms with Gasteiger partial charge >= 0.3 is 0 Å². The van der Waals surface area contributed by atoms with Gasteiger partial charge in [-0.3, -0.25) is 0 Å². The largest absolute Gasteiger partial charge is 0.368 e. The van der Waals surface area contributed by atoms with Gasteiger partial charge in [0.15, 0.2) is 5.82 Å². The van der Waals surface area contributed by atoms with E-state index in [9.17, 15) is 0 Å². The number of nitrogens with zero attached hydrogens (tertiary/aromatic N) is 3.